The van der Waals surface area contributed by atoms with Crippen LogP contribution in [0.1, 0.15) is 35.6 Å². The number of halogens is 3. The molecule has 0 fully saturated rings. The monoisotopic (exact) mass is 276 g/mol. The van der Waals surface area contributed by atoms with E-state index in [1.54, 1.807) is 0 Å². The summed E-state index contributed by atoms with van der Waals surface area (Å²) in [7, 11) is 0. The van der Waals surface area contributed by atoms with Gasteiger partial charge in [-0.2, -0.15) is 13.2 Å². The summed E-state index contributed by atoms with van der Waals surface area (Å²) < 4.78 is 40.7. The van der Waals surface area contributed by atoms with E-state index in [0.717, 1.165) is 16.7 Å². The number of hydrogen-bond acceptors (Lipinski definition) is 2. The van der Waals surface area contributed by atoms with E-state index >= 15 is 0 Å². The summed E-state index contributed by atoms with van der Waals surface area (Å²) in [5, 5.41) is 9.88. The zero-order valence-corrected chi connectivity index (χ0v) is 11.1. The Bertz CT molecular complexity index is 382. The predicted molar refractivity (Wildman–Crippen MR) is 67.0 cm³/mol. The fraction of sp³-hybridized carbons (Fsp3) is 0.571. The highest BCUT2D eigenvalue weighted by molar-refractivity contribution is 5.29. The predicted octanol–water partition coefficient (Wildman–Crippen LogP) is 3.70. The number of hydrogen-bond donors (Lipinski definition) is 1. The van der Waals surface area contributed by atoms with Crippen molar-refractivity contribution in [3.63, 3.8) is 0 Å². The first kappa shape index (κ1) is 16.0. The van der Waals surface area contributed by atoms with Crippen molar-refractivity contribution in [3.05, 3.63) is 34.9 Å². The third-order valence-electron chi connectivity index (χ3n) is 2.65. The Balaban J connectivity index is 2.33. The molecule has 0 spiro atoms. The Labute approximate surface area is 111 Å². The van der Waals surface area contributed by atoms with Gasteiger partial charge in [-0.15, -0.1) is 0 Å². The number of aliphatic hydroxyl groups is 1. The second kappa shape index (κ2) is 6.91. The first-order chi connectivity index (χ1) is 8.78. The summed E-state index contributed by atoms with van der Waals surface area (Å²) in [6, 6.07) is 5.67. The molecule has 2 nitrogen and oxygen atoms in total. The van der Waals surface area contributed by atoms with Crippen LogP contribution in [-0.2, 0) is 4.74 Å². The van der Waals surface area contributed by atoms with E-state index in [2.05, 4.69) is 0 Å². The Morgan fingerprint density at radius 3 is 2.26 bits per heavy atom. The van der Waals surface area contributed by atoms with Crippen LogP contribution < -0.4 is 0 Å². The summed E-state index contributed by atoms with van der Waals surface area (Å²) in [6.07, 6.45) is -5.88. The van der Waals surface area contributed by atoms with Crippen molar-refractivity contribution >= 4 is 0 Å². The topological polar surface area (TPSA) is 29.5 Å². The van der Waals surface area contributed by atoms with Crippen molar-refractivity contribution < 1.29 is 23.0 Å². The van der Waals surface area contributed by atoms with E-state index in [9.17, 15) is 18.3 Å². The minimum absolute atomic E-state index is 0.00136. The molecule has 19 heavy (non-hydrogen) atoms. The molecule has 5 heteroatoms. The van der Waals surface area contributed by atoms with Crippen LogP contribution in [0.2, 0.25) is 0 Å². The smallest absolute Gasteiger partial charge is 0.386 e. The Hall–Kier alpha value is -1.07. The van der Waals surface area contributed by atoms with Crippen molar-refractivity contribution in [1.82, 2.24) is 0 Å². The summed E-state index contributed by atoms with van der Waals surface area (Å²) in [4.78, 5) is 0. The lowest BCUT2D eigenvalue weighted by molar-refractivity contribution is -0.138. The minimum Gasteiger partial charge on any atom is -0.386 e. The van der Waals surface area contributed by atoms with E-state index < -0.39 is 18.7 Å². The Kier molecular flexibility index (Phi) is 5.82. The summed E-state index contributed by atoms with van der Waals surface area (Å²) in [6.45, 7) is 3.86. The number of alkyl halides is 3. The Morgan fingerprint density at radius 1 is 1.16 bits per heavy atom. The zero-order chi connectivity index (χ0) is 14.5. The van der Waals surface area contributed by atoms with Gasteiger partial charge < -0.3 is 9.84 Å². The van der Waals surface area contributed by atoms with Crippen molar-refractivity contribution in [1.29, 1.82) is 0 Å². The fourth-order valence-corrected chi connectivity index (χ4v) is 1.87. The van der Waals surface area contributed by atoms with Gasteiger partial charge in [-0.1, -0.05) is 29.3 Å². The van der Waals surface area contributed by atoms with Gasteiger partial charge in [0, 0.05) is 13.0 Å². The second-order valence-electron chi connectivity index (χ2n) is 4.73. The molecule has 1 atom stereocenters. The average molecular weight is 276 g/mol. The standard InChI is InChI=1S/C14H19F3O2/c1-10-6-11(2)8-12(7-10)13(18)9-19-5-3-4-14(15,16)17/h6-8,13,18H,3-5,9H2,1-2H3. The number of benzene rings is 1. The molecule has 108 valence electrons. The largest absolute Gasteiger partial charge is 0.389 e. The van der Waals surface area contributed by atoms with E-state index in [0.29, 0.717) is 0 Å². The average Bonchev–Trinajstić information content (AvgIpc) is 2.25. The number of aryl methyl sites for hydroxylation is 2. The lowest BCUT2D eigenvalue weighted by Gasteiger charge is -2.13. The van der Waals surface area contributed by atoms with Gasteiger partial charge in [0.25, 0.3) is 0 Å². The third-order valence-corrected chi connectivity index (χ3v) is 2.65. The summed E-state index contributed by atoms with van der Waals surface area (Å²) in [5.41, 5.74) is 2.80. The summed E-state index contributed by atoms with van der Waals surface area (Å²) >= 11 is 0. The molecule has 0 aliphatic carbocycles. The first-order valence-electron chi connectivity index (χ1n) is 6.19. The third kappa shape index (κ3) is 6.59. The van der Waals surface area contributed by atoms with Crippen molar-refractivity contribution in [2.75, 3.05) is 13.2 Å². The molecule has 1 aromatic rings. The Morgan fingerprint density at radius 2 is 1.74 bits per heavy atom. The molecular weight excluding hydrogens is 257 g/mol. The molecule has 0 aromatic heterocycles. The van der Waals surface area contributed by atoms with Crippen LogP contribution in [0.25, 0.3) is 0 Å². The molecule has 1 rings (SSSR count). The lowest BCUT2D eigenvalue weighted by atomic mass is 10.0. The molecule has 1 aromatic carbocycles. The van der Waals surface area contributed by atoms with Crippen molar-refractivity contribution in [3.8, 4) is 0 Å². The van der Waals surface area contributed by atoms with E-state index in [1.165, 1.54) is 0 Å². The molecule has 0 saturated heterocycles. The molecule has 1 unspecified atom stereocenters. The zero-order valence-electron chi connectivity index (χ0n) is 11.1. The van der Waals surface area contributed by atoms with Crippen LogP contribution in [0.3, 0.4) is 0 Å². The van der Waals surface area contributed by atoms with Crippen molar-refractivity contribution in [2.45, 2.75) is 39.0 Å². The van der Waals surface area contributed by atoms with Crippen molar-refractivity contribution in [2.24, 2.45) is 0 Å². The maximum absolute atomic E-state index is 11.9. The van der Waals surface area contributed by atoms with Gasteiger partial charge in [0.15, 0.2) is 0 Å². The molecule has 0 heterocycles. The lowest BCUT2D eigenvalue weighted by Crippen LogP contribution is -2.12. The highest BCUT2D eigenvalue weighted by atomic mass is 19.4. The fourth-order valence-electron chi connectivity index (χ4n) is 1.87. The van der Waals surface area contributed by atoms with Gasteiger partial charge in [-0.25, -0.2) is 0 Å². The molecule has 0 saturated carbocycles. The first-order valence-corrected chi connectivity index (χ1v) is 6.19. The maximum Gasteiger partial charge on any atom is 0.389 e. The number of rotatable bonds is 6. The summed E-state index contributed by atoms with van der Waals surface area (Å²) in [5.74, 6) is 0. The van der Waals surface area contributed by atoms with Gasteiger partial charge in [0.1, 0.15) is 6.10 Å². The van der Waals surface area contributed by atoms with E-state index in [4.69, 9.17) is 4.74 Å². The van der Waals surface area contributed by atoms with Gasteiger partial charge in [-0.3, -0.25) is 0 Å². The molecule has 0 aliphatic rings. The van der Waals surface area contributed by atoms with Crippen LogP contribution in [0.5, 0.6) is 0 Å². The number of aliphatic hydroxyl groups excluding tert-OH is 1. The highest BCUT2D eigenvalue weighted by Gasteiger charge is 2.26. The molecule has 0 amide bonds. The maximum atomic E-state index is 11.9. The van der Waals surface area contributed by atoms with Crippen LogP contribution in [0.4, 0.5) is 13.2 Å². The highest BCUT2D eigenvalue weighted by Crippen LogP contribution is 2.21. The molecule has 1 N–H and O–H groups in total. The van der Waals surface area contributed by atoms with E-state index in [-0.39, 0.29) is 19.6 Å². The van der Waals surface area contributed by atoms with Gasteiger partial charge in [0.2, 0.25) is 0 Å². The minimum atomic E-state index is -4.14. The van der Waals surface area contributed by atoms with Crippen LogP contribution in [0, 0.1) is 13.8 Å². The second-order valence-corrected chi connectivity index (χ2v) is 4.73. The van der Waals surface area contributed by atoms with Crippen LogP contribution >= 0.6 is 0 Å². The SMILES string of the molecule is Cc1cc(C)cc(C(O)COCCCC(F)(F)F)c1. The molecular formula is C14H19F3O2. The molecule has 0 radical (unpaired) electrons. The van der Waals surface area contributed by atoms with Gasteiger partial charge >= 0.3 is 6.18 Å². The molecule has 0 aliphatic heterocycles. The van der Waals surface area contributed by atoms with Crippen LogP contribution in [-0.4, -0.2) is 24.5 Å². The van der Waals surface area contributed by atoms with Gasteiger partial charge in [0.05, 0.1) is 6.61 Å². The van der Waals surface area contributed by atoms with E-state index in [1.807, 2.05) is 32.0 Å². The van der Waals surface area contributed by atoms with Crippen LogP contribution in [0.15, 0.2) is 18.2 Å². The molecule has 0 bridgehead atoms. The normalized spacial score (nSPS) is 13.6. The van der Waals surface area contributed by atoms with Gasteiger partial charge in [-0.05, 0) is 25.8 Å². The number of ether oxygens (including phenoxy) is 1. The quantitative estimate of drug-likeness (QED) is 0.803.